The monoisotopic (exact) mass is 253 g/mol. The molecule has 0 saturated carbocycles. The highest BCUT2D eigenvalue weighted by molar-refractivity contribution is 5.70. The van der Waals surface area contributed by atoms with Gasteiger partial charge in [-0.1, -0.05) is 17.7 Å². The van der Waals surface area contributed by atoms with E-state index < -0.39 is 0 Å². The number of hydrogen-bond acceptors (Lipinski definition) is 3. The second kappa shape index (κ2) is 5.02. The Morgan fingerprint density at radius 1 is 1.26 bits per heavy atom. The van der Waals surface area contributed by atoms with Crippen LogP contribution in [0.2, 0.25) is 0 Å². The Hall–Kier alpha value is -1.87. The SMILES string of the molecule is Cc1ccc2c(c1)CCCN2c1cnccc1CN. The van der Waals surface area contributed by atoms with Crippen LogP contribution in [0.3, 0.4) is 0 Å². The molecule has 0 atom stereocenters. The average Bonchev–Trinajstić information content (AvgIpc) is 2.46. The van der Waals surface area contributed by atoms with Crippen molar-refractivity contribution in [1.29, 1.82) is 0 Å². The van der Waals surface area contributed by atoms with Crippen LogP contribution in [0.25, 0.3) is 0 Å². The predicted molar refractivity (Wildman–Crippen MR) is 78.6 cm³/mol. The van der Waals surface area contributed by atoms with Crippen LogP contribution in [0.4, 0.5) is 11.4 Å². The molecule has 3 nitrogen and oxygen atoms in total. The summed E-state index contributed by atoms with van der Waals surface area (Å²) in [7, 11) is 0. The molecule has 0 unspecified atom stereocenters. The van der Waals surface area contributed by atoms with Gasteiger partial charge in [-0.3, -0.25) is 4.98 Å². The van der Waals surface area contributed by atoms with E-state index in [-0.39, 0.29) is 0 Å². The lowest BCUT2D eigenvalue weighted by atomic mass is 9.98. The van der Waals surface area contributed by atoms with Gasteiger partial charge in [0.1, 0.15) is 0 Å². The van der Waals surface area contributed by atoms with Gasteiger partial charge in [0, 0.05) is 25.0 Å². The summed E-state index contributed by atoms with van der Waals surface area (Å²) in [6.45, 7) is 3.74. The zero-order valence-electron chi connectivity index (χ0n) is 11.3. The molecular formula is C16H19N3. The van der Waals surface area contributed by atoms with Gasteiger partial charge in [-0.05, 0) is 43.0 Å². The van der Waals surface area contributed by atoms with E-state index in [0.29, 0.717) is 6.54 Å². The highest BCUT2D eigenvalue weighted by Gasteiger charge is 2.20. The van der Waals surface area contributed by atoms with Crippen LogP contribution in [0, 0.1) is 6.92 Å². The summed E-state index contributed by atoms with van der Waals surface area (Å²) in [5, 5.41) is 0. The van der Waals surface area contributed by atoms with Crippen molar-refractivity contribution < 1.29 is 0 Å². The topological polar surface area (TPSA) is 42.2 Å². The summed E-state index contributed by atoms with van der Waals surface area (Å²) in [4.78, 5) is 6.62. The summed E-state index contributed by atoms with van der Waals surface area (Å²) >= 11 is 0. The van der Waals surface area contributed by atoms with Crippen LogP contribution in [-0.2, 0) is 13.0 Å². The van der Waals surface area contributed by atoms with E-state index in [1.165, 1.54) is 23.2 Å². The number of anilines is 2. The number of rotatable bonds is 2. The van der Waals surface area contributed by atoms with E-state index >= 15 is 0 Å². The number of hydrogen-bond donors (Lipinski definition) is 1. The Labute approximate surface area is 114 Å². The molecule has 2 heterocycles. The van der Waals surface area contributed by atoms with Crippen molar-refractivity contribution in [3.63, 3.8) is 0 Å². The molecule has 1 aliphatic heterocycles. The Kier molecular flexibility index (Phi) is 3.22. The second-order valence-electron chi connectivity index (χ2n) is 5.10. The minimum atomic E-state index is 0.551. The zero-order valence-corrected chi connectivity index (χ0v) is 11.3. The van der Waals surface area contributed by atoms with Gasteiger partial charge in [0.15, 0.2) is 0 Å². The molecule has 0 bridgehead atoms. The summed E-state index contributed by atoms with van der Waals surface area (Å²) in [5.74, 6) is 0. The van der Waals surface area contributed by atoms with Crippen molar-refractivity contribution in [3.8, 4) is 0 Å². The maximum atomic E-state index is 5.85. The normalized spacial score (nSPS) is 14.3. The molecule has 2 aromatic rings. The van der Waals surface area contributed by atoms with Crippen molar-refractivity contribution in [2.45, 2.75) is 26.3 Å². The Bertz CT molecular complexity index is 592. The van der Waals surface area contributed by atoms with E-state index in [1.54, 1.807) is 0 Å². The van der Waals surface area contributed by atoms with Crippen LogP contribution in [-0.4, -0.2) is 11.5 Å². The van der Waals surface area contributed by atoms with Crippen molar-refractivity contribution in [2.75, 3.05) is 11.4 Å². The van der Waals surface area contributed by atoms with Gasteiger partial charge in [0.2, 0.25) is 0 Å². The van der Waals surface area contributed by atoms with E-state index in [1.807, 2.05) is 18.5 Å². The van der Waals surface area contributed by atoms with Gasteiger partial charge in [0.25, 0.3) is 0 Å². The van der Waals surface area contributed by atoms with Gasteiger partial charge in [-0.15, -0.1) is 0 Å². The molecule has 3 heteroatoms. The lowest BCUT2D eigenvalue weighted by Gasteiger charge is -2.32. The van der Waals surface area contributed by atoms with Crippen molar-refractivity contribution in [1.82, 2.24) is 4.98 Å². The minimum Gasteiger partial charge on any atom is -0.340 e. The zero-order chi connectivity index (χ0) is 13.2. The number of aryl methyl sites for hydroxylation is 2. The first-order valence-electron chi connectivity index (χ1n) is 6.79. The molecule has 1 aliphatic rings. The summed E-state index contributed by atoms with van der Waals surface area (Å²) in [6, 6.07) is 8.70. The average molecular weight is 253 g/mol. The molecule has 1 aromatic heterocycles. The number of nitrogens with zero attached hydrogens (tertiary/aromatic N) is 2. The smallest absolute Gasteiger partial charge is 0.0642 e. The molecule has 19 heavy (non-hydrogen) atoms. The second-order valence-corrected chi connectivity index (χ2v) is 5.10. The Morgan fingerprint density at radius 2 is 2.16 bits per heavy atom. The van der Waals surface area contributed by atoms with Gasteiger partial charge >= 0.3 is 0 Å². The predicted octanol–water partition coefficient (Wildman–Crippen LogP) is 2.93. The fourth-order valence-corrected chi connectivity index (χ4v) is 2.81. The molecule has 0 radical (unpaired) electrons. The number of benzene rings is 1. The third-order valence-electron chi connectivity index (χ3n) is 3.75. The molecule has 0 saturated heterocycles. The first-order valence-corrected chi connectivity index (χ1v) is 6.79. The molecule has 3 rings (SSSR count). The van der Waals surface area contributed by atoms with Gasteiger partial charge in [0.05, 0.1) is 11.9 Å². The fourth-order valence-electron chi connectivity index (χ4n) is 2.81. The van der Waals surface area contributed by atoms with Gasteiger partial charge < -0.3 is 10.6 Å². The molecule has 1 aromatic carbocycles. The third-order valence-corrected chi connectivity index (χ3v) is 3.75. The summed E-state index contributed by atoms with van der Waals surface area (Å²) < 4.78 is 0. The van der Waals surface area contributed by atoms with Gasteiger partial charge in [-0.2, -0.15) is 0 Å². The highest BCUT2D eigenvalue weighted by Crippen LogP contribution is 2.35. The Morgan fingerprint density at radius 3 is 3.00 bits per heavy atom. The quantitative estimate of drug-likeness (QED) is 0.894. The van der Waals surface area contributed by atoms with E-state index in [9.17, 15) is 0 Å². The third kappa shape index (κ3) is 2.22. The van der Waals surface area contributed by atoms with Crippen LogP contribution < -0.4 is 10.6 Å². The molecule has 0 fully saturated rings. The molecule has 98 valence electrons. The van der Waals surface area contributed by atoms with E-state index in [0.717, 1.165) is 24.2 Å². The van der Waals surface area contributed by atoms with Crippen LogP contribution in [0.5, 0.6) is 0 Å². The fraction of sp³-hybridized carbons (Fsp3) is 0.312. The molecule has 0 amide bonds. The number of fused-ring (bicyclic) bond motifs is 1. The number of nitrogens with two attached hydrogens (primary N) is 1. The van der Waals surface area contributed by atoms with Crippen molar-refractivity contribution >= 4 is 11.4 Å². The summed E-state index contributed by atoms with van der Waals surface area (Å²) in [6.07, 6.45) is 6.07. The molecular weight excluding hydrogens is 234 g/mol. The lowest BCUT2D eigenvalue weighted by Crippen LogP contribution is -2.26. The van der Waals surface area contributed by atoms with Crippen LogP contribution >= 0.6 is 0 Å². The Balaban J connectivity index is 2.08. The first-order chi connectivity index (χ1) is 9.29. The summed E-state index contributed by atoms with van der Waals surface area (Å²) in [5.41, 5.74) is 12.2. The molecule has 0 aliphatic carbocycles. The van der Waals surface area contributed by atoms with Gasteiger partial charge in [-0.25, -0.2) is 0 Å². The van der Waals surface area contributed by atoms with Crippen LogP contribution in [0.1, 0.15) is 23.1 Å². The van der Waals surface area contributed by atoms with E-state index in [2.05, 4.69) is 35.0 Å². The first kappa shape index (κ1) is 12.2. The van der Waals surface area contributed by atoms with E-state index in [4.69, 9.17) is 5.73 Å². The standard InChI is InChI=1S/C16H19N3/c1-12-4-5-15-13(9-12)3-2-8-19(15)16-11-18-7-6-14(16)10-17/h4-7,9,11H,2-3,8,10,17H2,1H3. The van der Waals surface area contributed by atoms with Crippen molar-refractivity contribution in [2.24, 2.45) is 5.73 Å². The van der Waals surface area contributed by atoms with Crippen LogP contribution in [0.15, 0.2) is 36.7 Å². The largest absolute Gasteiger partial charge is 0.340 e. The minimum absolute atomic E-state index is 0.551. The molecule has 2 N–H and O–H groups in total. The number of pyridine rings is 1. The maximum absolute atomic E-state index is 5.85. The highest BCUT2D eigenvalue weighted by atomic mass is 15.1. The molecule has 0 spiro atoms. The van der Waals surface area contributed by atoms with Crippen molar-refractivity contribution in [3.05, 3.63) is 53.3 Å². The lowest BCUT2D eigenvalue weighted by molar-refractivity contribution is 0.761. The maximum Gasteiger partial charge on any atom is 0.0642 e. The number of aromatic nitrogens is 1.